The van der Waals surface area contributed by atoms with E-state index in [2.05, 4.69) is 27.4 Å². The number of pyridine rings is 1. The van der Waals surface area contributed by atoms with Crippen molar-refractivity contribution in [3.05, 3.63) is 70.5 Å². The van der Waals surface area contributed by atoms with Gasteiger partial charge in [0.05, 0.1) is 11.3 Å². The highest BCUT2D eigenvalue weighted by molar-refractivity contribution is 8.24. The summed E-state index contributed by atoms with van der Waals surface area (Å²) in [5.74, 6) is 1.38. The second-order valence-corrected chi connectivity index (χ2v) is 10.5. The maximum absolute atomic E-state index is 12.6. The summed E-state index contributed by atoms with van der Waals surface area (Å²) in [6.07, 6.45) is 0.871. The van der Waals surface area contributed by atoms with Gasteiger partial charge in [0.15, 0.2) is 0 Å². The number of para-hydroxylation sites is 1. The lowest BCUT2D eigenvalue weighted by Crippen LogP contribution is -2.22. The van der Waals surface area contributed by atoms with Crippen molar-refractivity contribution in [2.45, 2.75) is 13.0 Å². The number of aromatic nitrogens is 2. The molecule has 156 valence electrons. The largest absolute Gasteiger partial charge is 0.354 e. The van der Waals surface area contributed by atoms with Crippen molar-refractivity contribution in [3.8, 4) is 11.3 Å². The topological polar surface area (TPSA) is 101 Å². The zero-order valence-corrected chi connectivity index (χ0v) is 17.3. The Morgan fingerprint density at radius 2 is 1.83 bits per heavy atom. The molecule has 0 saturated carbocycles. The van der Waals surface area contributed by atoms with E-state index in [1.54, 1.807) is 0 Å². The molecule has 3 heterocycles. The Morgan fingerprint density at radius 3 is 2.67 bits per heavy atom. The number of benzene rings is 2. The summed E-state index contributed by atoms with van der Waals surface area (Å²) >= 11 is 0. The van der Waals surface area contributed by atoms with E-state index >= 15 is 0 Å². The summed E-state index contributed by atoms with van der Waals surface area (Å²) in [7, 11) is -2.33. The quantitative estimate of drug-likeness (QED) is 0.325. The van der Waals surface area contributed by atoms with Gasteiger partial charge in [-0.05, 0) is 60.2 Å². The van der Waals surface area contributed by atoms with Crippen LogP contribution in [0.1, 0.15) is 12.0 Å². The maximum atomic E-state index is 12.6. The predicted molar refractivity (Wildman–Crippen MR) is 124 cm³/mol. The molecule has 1 saturated heterocycles. The molecule has 30 heavy (non-hydrogen) atoms. The average Bonchev–Trinajstić information content (AvgIpc) is 3.29. The number of rotatable bonds is 5. The molecule has 1 atom stereocenters. The molecule has 2 aromatic carbocycles. The molecule has 0 spiro atoms. The second-order valence-electron chi connectivity index (χ2n) is 8.16. The number of H-pyrrole nitrogens is 2. The van der Waals surface area contributed by atoms with Crippen LogP contribution in [-0.4, -0.2) is 37.1 Å². The minimum atomic E-state index is -2.33. The van der Waals surface area contributed by atoms with E-state index in [0.717, 1.165) is 52.6 Å². The van der Waals surface area contributed by atoms with Gasteiger partial charge in [0, 0.05) is 34.5 Å². The number of hydrogen-bond donors (Lipinski definition) is 5. The smallest absolute Gasteiger partial charge is 0.257 e. The molecular formula is C23H25N3O3S. The van der Waals surface area contributed by atoms with Gasteiger partial charge in [0.25, 0.3) is 5.56 Å². The molecule has 1 aliphatic rings. The minimum absolute atomic E-state index is 0.107. The Kier molecular flexibility index (Phi) is 4.91. The Labute approximate surface area is 175 Å². The molecule has 1 fully saturated rings. The first-order valence-corrected chi connectivity index (χ1v) is 12.0. The number of fused-ring (bicyclic) bond motifs is 2. The SMILES string of the molecule is O=c1[nH]c2ccccc2cc1-c1cc2cc(CNCC3CCS(O)(O)C3)ccc2[nH]1. The molecule has 7 heteroatoms. The average molecular weight is 424 g/mol. The van der Waals surface area contributed by atoms with Crippen LogP contribution in [0.5, 0.6) is 0 Å². The zero-order chi connectivity index (χ0) is 20.7. The van der Waals surface area contributed by atoms with E-state index in [9.17, 15) is 13.9 Å². The zero-order valence-electron chi connectivity index (χ0n) is 16.5. The van der Waals surface area contributed by atoms with E-state index in [-0.39, 0.29) is 5.56 Å². The molecule has 0 radical (unpaired) electrons. The fourth-order valence-electron chi connectivity index (χ4n) is 4.27. The van der Waals surface area contributed by atoms with E-state index < -0.39 is 10.6 Å². The van der Waals surface area contributed by atoms with Gasteiger partial charge < -0.3 is 15.3 Å². The number of hydrogen-bond acceptors (Lipinski definition) is 4. The molecule has 5 N–H and O–H groups in total. The van der Waals surface area contributed by atoms with Gasteiger partial charge in [0.2, 0.25) is 0 Å². The van der Waals surface area contributed by atoms with Crippen LogP contribution in [0.2, 0.25) is 0 Å². The first-order chi connectivity index (χ1) is 14.5. The molecule has 5 rings (SSSR count). The van der Waals surface area contributed by atoms with E-state index in [0.29, 0.717) is 23.0 Å². The third kappa shape index (κ3) is 3.89. The normalized spacial score (nSPS) is 19.5. The van der Waals surface area contributed by atoms with Crippen molar-refractivity contribution in [2.24, 2.45) is 5.92 Å². The van der Waals surface area contributed by atoms with Crippen LogP contribution in [0.3, 0.4) is 0 Å². The Hall–Kier alpha value is -2.58. The summed E-state index contributed by atoms with van der Waals surface area (Å²) in [4.78, 5) is 18.9. The van der Waals surface area contributed by atoms with Gasteiger partial charge >= 0.3 is 0 Å². The van der Waals surface area contributed by atoms with Crippen molar-refractivity contribution in [1.82, 2.24) is 15.3 Å². The van der Waals surface area contributed by atoms with E-state index in [1.165, 1.54) is 0 Å². The lowest BCUT2D eigenvalue weighted by atomic mass is 10.1. The lowest BCUT2D eigenvalue weighted by Gasteiger charge is -2.26. The highest BCUT2D eigenvalue weighted by Gasteiger charge is 2.27. The standard InChI is InChI=1S/C23H25N3O3S/c27-23-19(10-17-3-1-2-4-20(17)26-23)22-11-18-9-15(5-6-21(18)25-22)12-24-13-16-7-8-30(28,29)14-16/h1-6,9-11,16,24-25,28-29H,7-8,12-14H2,(H,26,27). The minimum Gasteiger partial charge on any atom is -0.354 e. The van der Waals surface area contributed by atoms with Gasteiger partial charge in [-0.2, -0.15) is 10.6 Å². The van der Waals surface area contributed by atoms with E-state index in [1.807, 2.05) is 42.5 Å². The maximum Gasteiger partial charge on any atom is 0.257 e. The van der Waals surface area contributed by atoms with Gasteiger partial charge in [-0.1, -0.05) is 24.3 Å². The number of aromatic amines is 2. The van der Waals surface area contributed by atoms with Crippen LogP contribution >= 0.6 is 10.6 Å². The lowest BCUT2D eigenvalue weighted by molar-refractivity contribution is 0.486. The Bertz CT molecular complexity index is 1280. The number of nitrogens with one attached hydrogen (secondary N) is 3. The highest BCUT2D eigenvalue weighted by Crippen LogP contribution is 2.48. The molecule has 6 nitrogen and oxygen atoms in total. The molecule has 1 aliphatic heterocycles. The second kappa shape index (κ2) is 7.59. The molecule has 0 aliphatic carbocycles. The molecule has 1 unspecified atom stereocenters. The summed E-state index contributed by atoms with van der Waals surface area (Å²) in [5.41, 5.74) is 4.31. The third-order valence-corrected chi connectivity index (χ3v) is 7.74. The molecule has 4 aromatic rings. The van der Waals surface area contributed by atoms with Crippen molar-refractivity contribution >= 4 is 32.4 Å². The van der Waals surface area contributed by atoms with Crippen molar-refractivity contribution in [2.75, 3.05) is 18.1 Å². The fraction of sp³-hybridized carbons (Fsp3) is 0.261. The first kappa shape index (κ1) is 19.4. The van der Waals surface area contributed by atoms with Crippen LogP contribution in [0.25, 0.3) is 33.1 Å². The third-order valence-electron chi connectivity index (χ3n) is 5.85. The van der Waals surface area contributed by atoms with Crippen LogP contribution < -0.4 is 10.9 Å². The van der Waals surface area contributed by atoms with E-state index in [4.69, 9.17) is 0 Å². The van der Waals surface area contributed by atoms with Crippen molar-refractivity contribution < 1.29 is 9.11 Å². The van der Waals surface area contributed by atoms with Gasteiger partial charge in [0.1, 0.15) is 0 Å². The molecule has 0 bridgehead atoms. The monoisotopic (exact) mass is 423 g/mol. The van der Waals surface area contributed by atoms with Crippen LogP contribution in [0.15, 0.2) is 59.4 Å². The first-order valence-electron chi connectivity index (χ1n) is 10.2. The fourth-order valence-corrected chi connectivity index (χ4v) is 6.18. The predicted octanol–water partition coefficient (Wildman–Crippen LogP) is 4.54. The summed E-state index contributed by atoms with van der Waals surface area (Å²) in [6, 6.07) is 17.9. The molecule has 0 amide bonds. The van der Waals surface area contributed by atoms with Crippen LogP contribution in [-0.2, 0) is 6.54 Å². The summed E-state index contributed by atoms with van der Waals surface area (Å²) in [6.45, 7) is 1.52. The molecular weight excluding hydrogens is 398 g/mol. The highest BCUT2D eigenvalue weighted by atomic mass is 32.3. The van der Waals surface area contributed by atoms with Gasteiger partial charge in [-0.3, -0.25) is 13.9 Å². The van der Waals surface area contributed by atoms with Crippen molar-refractivity contribution in [1.29, 1.82) is 0 Å². The van der Waals surface area contributed by atoms with Crippen LogP contribution in [0.4, 0.5) is 0 Å². The Morgan fingerprint density at radius 1 is 1.00 bits per heavy atom. The van der Waals surface area contributed by atoms with Gasteiger partial charge in [-0.25, -0.2) is 0 Å². The van der Waals surface area contributed by atoms with Crippen molar-refractivity contribution in [3.63, 3.8) is 0 Å². The van der Waals surface area contributed by atoms with Gasteiger partial charge in [-0.15, -0.1) is 0 Å². The summed E-state index contributed by atoms with van der Waals surface area (Å²) in [5, 5.41) is 5.50. The Balaban J connectivity index is 1.34. The summed E-state index contributed by atoms with van der Waals surface area (Å²) < 4.78 is 19.5. The van der Waals surface area contributed by atoms with Crippen LogP contribution in [0, 0.1) is 5.92 Å². The molecule has 2 aromatic heterocycles.